The predicted molar refractivity (Wildman–Crippen MR) is 103 cm³/mol. The van der Waals surface area contributed by atoms with E-state index in [-0.39, 0.29) is 18.3 Å². The Morgan fingerprint density at radius 1 is 1.35 bits per heavy atom. The third-order valence-corrected chi connectivity index (χ3v) is 7.02. The zero-order chi connectivity index (χ0) is 15.1. The SMILES string of the molecule is Cl.O=C(CC1CN2CCC1CC2)Nc1cc2cccc(Br)c2s1. The average molecular weight is 416 g/mol. The molecule has 1 amide bonds. The van der Waals surface area contributed by atoms with Crippen molar-refractivity contribution in [1.29, 1.82) is 0 Å². The van der Waals surface area contributed by atoms with E-state index >= 15 is 0 Å². The van der Waals surface area contributed by atoms with Crippen molar-refractivity contribution in [1.82, 2.24) is 4.90 Å². The standard InChI is InChI=1S/C17H19BrN2OS.ClH/c18-14-3-1-2-12-9-16(22-17(12)14)19-15(21)8-13-10-20-6-4-11(13)5-7-20;/h1-3,9,11,13H,4-8,10H2,(H,19,21);1H. The van der Waals surface area contributed by atoms with Crippen LogP contribution in [0.2, 0.25) is 0 Å². The number of nitrogens with zero attached hydrogens (tertiary/aromatic N) is 1. The van der Waals surface area contributed by atoms with Gasteiger partial charge >= 0.3 is 0 Å². The molecular formula is C17H20BrClN2OS. The molecule has 1 N–H and O–H groups in total. The van der Waals surface area contributed by atoms with Gasteiger partial charge in [0.25, 0.3) is 0 Å². The van der Waals surface area contributed by atoms with Crippen LogP contribution in [0.3, 0.4) is 0 Å². The molecular weight excluding hydrogens is 396 g/mol. The first-order chi connectivity index (χ1) is 10.7. The third kappa shape index (κ3) is 3.58. The van der Waals surface area contributed by atoms with E-state index in [1.165, 1.54) is 36.0 Å². The number of halogens is 2. The highest BCUT2D eigenvalue weighted by molar-refractivity contribution is 9.10. The lowest BCUT2D eigenvalue weighted by molar-refractivity contribution is -0.118. The fourth-order valence-corrected chi connectivity index (χ4v) is 5.44. The maximum atomic E-state index is 12.4. The Hall–Kier alpha value is -0.620. The molecule has 3 aliphatic heterocycles. The van der Waals surface area contributed by atoms with Gasteiger partial charge in [0.15, 0.2) is 0 Å². The highest BCUT2D eigenvalue weighted by atomic mass is 79.9. The van der Waals surface area contributed by atoms with Gasteiger partial charge in [-0.25, -0.2) is 0 Å². The second-order valence-electron chi connectivity index (χ2n) is 6.42. The number of piperidine rings is 3. The summed E-state index contributed by atoms with van der Waals surface area (Å²) in [7, 11) is 0. The Labute approximate surface area is 155 Å². The Balaban J connectivity index is 0.00000156. The summed E-state index contributed by atoms with van der Waals surface area (Å²) in [6.45, 7) is 3.57. The molecule has 2 bridgehead atoms. The van der Waals surface area contributed by atoms with Crippen molar-refractivity contribution in [2.45, 2.75) is 19.3 Å². The Bertz CT molecular complexity index is 712. The van der Waals surface area contributed by atoms with E-state index in [9.17, 15) is 4.79 Å². The van der Waals surface area contributed by atoms with Crippen molar-refractivity contribution >= 4 is 60.7 Å². The summed E-state index contributed by atoms with van der Waals surface area (Å²) in [5.41, 5.74) is 0. The van der Waals surface area contributed by atoms with Gasteiger partial charge < -0.3 is 10.2 Å². The lowest BCUT2D eigenvalue weighted by Gasteiger charge is -2.44. The molecule has 4 heterocycles. The largest absolute Gasteiger partial charge is 0.318 e. The number of rotatable bonds is 3. The van der Waals surface area contributed by atoms with Gasteiger partial charge in [0, 0.05) is 17.4 Å². The molecule has 1 unspecified atom stereocenters. The summed E-state index contributed by atoms with van der Waals surface area (Å²) in [5.74, 6) is 1.47. The van der Waals surface area contributed by atoms with Crippen LogP contribution in [0.15, 0.2) is 28.7 Å². The van der Waals surface area contributed by atoms with E-state index in [4.69, 9.17) is 0 Å². The van der Waals surface area contributed by atoms with Crippen molar-refractivity contribution in [2.75, 3.05) is 25.0 Å². The molecule has 0 aliphatic carbocycles. The maximum absolute atomic E-state index is 12.4. The van der Waals surface area contributed by atoms with E-state index in [1.807, 2.05) is 12.1 Å². The van der Waals surface area contributed by atoms with Crippen LogP contribution in [-0.2, 0) is 4.79 Å². The van der Waals surface area contributed by atoms with Crippen molar-refractivity contribution in [3.63, 3.8) is 0 Å². The highest BCUT2D eigenvalue weighted by Crippen LogP contribution is 2.36. The fraction of sp³-hybridized carbons (Fsp3) is 0.471. The Morgan fingerprint density at radius 3 is 2.78 bits per heavy atom. The third-order valence-electron chi connectivity index (χ3n) is 5.00. The number of amides is 1. The summed E-state index contributed by atoms with van der Waals surface area (Å²) >= 11 is 5.21. The zero-order valence-corrected chi connectivity index (χ0v) is 16.0. The number of hydrogen-bond acceptors (Lipinski definition) is 3. The van der Waals surface area contributed by atoms with Crippen molar-refractivity contribution in [3.05, 3.63) is 28.7 Å². The molecule has 6 heteroatoms. The van der Waals surface area contributed by atoms with Crippen LogP contribution in [0.5, 0.6) is 0 Å². The number of hydrogen-bond donors (Lipinski definition) is 1. The molecule has 1 aromatic carbocycles. The van der Waals surface area contributed by atoms with Gasteiger partial charge in [0.05, 0.1) is 9.70 Å². The number of carbonyl (C=O) groups is 1. The van der Waals surface area contributed by atoms with E-state index in [2.05, 4.69) is 38.3 Å². The summed E-state index contributed by atoms with van der Waals surface area (Å²) in [4.78, 5) is 14.9. The molecule has 23 heavy (non-hydrogen) atoms. The number of nitrogens with one attached hydrogen (secondary N) is 1. The van der Waals surface area contributed by atoms with E-state index in [0.29, 0.717) is 12.3 Å². The van der Waals surface area contributed by atoms with Gasteiger partial charge in [0.2, 0.25) is 5.91 Å². The number of benzene rings is 1. The van der Waals surface area contributed by atoms with Gasteiger partial charge in [-0.1, -0.05) is 12.1 Å². The number of fused-ring (bicyclic) bond motifs is 4. The normalized spacial score (nSPS) is 26.0. The molecule has 5 rings (SSSR count). The molecule has 1 aromatic heterocycles. The second kappa shape index (κ2) is 7.09. The topological polar surface area (TPSA) is 32.3 Å². The lowest BCUT2D eigenvalue weighted by atomic mass is 9.77. The van der Waals surface area contributed by atoms with Crippen LogP contribution in [-0.4, -0.2) is 30.4 Å². The minimum Gasteiger partial charge on any atom is -0.318 e. The quantitative estimate of drug-likeness (QED) is 0.784. The van der Waals surface area contributed by atoms with Crippen LogP contribution >= 0.6 is 39.7 Å². The minimum atomic E-state index is 0. The van der Waals surface area contributed by atoms with Gasteiger partial charge in [-0.2, -0.15) is 0 Å². The van der Waals surface area contributed by atoms with Crippen LogP contribution in [0.1, 0.15) is 19.3 Å². The first-order valence-electron chi connectivity index (χ1n) is 7.89. The summed E-state index contributed by atoms with van der Waals surface area (Å²) in [5, 5.41) is 5.24. The highest BCUT2D eigenvalue weighted by Gasteiger charge is 2.35. The van der Waals surface area contributed by atoms with Crippen LogP contribution in [0, 0.1) is 11.8 Å². The molecule has 2 aromatic rings. The van der Waals surface area contributed by atoms with Gasteiger partial charge in [-0.05, 0) is 71.2 Å². The average Bonchev–Trinajstić information content (AvgIpc) is 2.92. The molecule has 3 saturated heterocycles. The first kappa shape index (κ1) is 17.2. The molecule has 3 fully saturated rings. The molecule has 3 nitrogen and oxygen atoms in total. The van der Waals surface area contributed by atoms with Gasteiger partial charge in [-0.15, -0.1) is 23.7 Å². The lowest BCUT2D eigenvalue weighted by Crippen LogP contribution is -2.48. The molecule has 1 atom stereocenters. The second-order valence-corrected chi connectivity index (χ2v) is 8.33. The first-order valence-corrected chi connectivity index (χ1v) is 9.50. The van der Waals surface area contributed by atoms with Gasteiger partial charge in [-0.3, -0.25) is 4.79 Å². The van der Waals surface area contributed by atoms with E-state index in [1.54, 1.807) is 11.3 Å². The molecule has 3 aliphatic rings. The Morgan fingerprint density at radius 2 is 2.13 bits per heavy atom. The zero-order valence-electron chi connectivity index (χ0n) is 12.8. The maximum Gasteiger partial charge on any atom is 0.225 e. The van der Waals surface area contributed by atoms with Crippen molar-refractivity contribution in [3.8, 4) is 0 Å². The smallest absolute Gasteiger partial charge is 0.225 e. The molecule has 0 spiro atoms. The summed E-state index contributed by atoms with van der Waals surface area (Å²) < 4.78 is 2.29. The van der Waals surface area contributed by atoms with E-state index < -0.39 is 0 Å². The summed E-state index contributed by atoms with van der Waals surface area (Å²) in [6.07, 6.45) is 3.21. The van der Waals surface area contributed by atoms with Crippen LogP contribution < -0.4 is 5.32 Å². The summed E-state index contributed by atoms with van der Waals surface area (Å²) in [6, 6.07) is 8.22. The van der Waals surface area contributed by atoms with Crippen molar-refractivity contribution < 1.29 is 4.79 Å². The van der Waals surface area contributed by atoms with Crippen LogP contribution in [0.4, 0.5) is 5.00 Å². The number of thiophene rings is 1. The van der Waals surface area contributed by atoms with E-state index in [0.717, 1.165) is 21.9 Å². The minimum absolute atomic E-state index is 0. The fourth-order valence-electron chi connectivity index (χ4n) is 3.83. The monoisotopic (exact) mass is 414 g/mol. The predicted octanol–water partition coefficient (Wildman–Crippen LogP) is 4.76. The molecule has 0 radical (unpaired) electrons. The Kier molecular flexibility index (Phi) is 5.31. The van der Waals surface area contributed by atoms with Gasteiger partial charge in [0.1, 0.15) is 0 Å². The molecule has 0 saturated carbocycles. The number of anilines is 1. The number of carbonyl (C=O) groups excluding carboxylic acids is 1. The van der Waals surface area contributed by atoms with Crippen LogP contribution in [0.25, 0.3) is 10.1 Å². The van der Waals surface area contributed by atoms with Crippen molar-refractivity contribution in [2.24, 2.45) is 11.8 Å². The molecule has 124 valence electrons.